The molecule has 1 fully saturated rings. The second kappa shape index (κ2) is 8.65. The van der Waals surface area contributed by atoms with Gasteiger partial charge in [-0.2, -0.15) is 0 Å². The number of carbonyl (C=O) groups is 2. The molecule has 5 nitrogen and oxygen atoms in total. The van der Waals surface area contributed by atoms with Crippen LogP contribution in [0.5, 0.6) is 0 Å². The summed E-state index contributed by atoms with van der Waals surface area (Å²) < 4.78 is 0. The van der Waals surface area contributed by atoms with Crippen molar-refractivity contribution >= 4 is 11.6 Å². The highest BCUT2D eigenvalue weighted by molar-refractivity contribution is 6.32. The minimum Gasteiger partial charge on any atom is -0.297 e. The normalized spacial score (nSPS) is 18.5. The molecule has 3 aromatic rings. The Morgan fingerprint density at radius 1 is 0.848 bits per heavy atom. The number of hydrogen-bond donors (Lipinski definition) is 0. The third-order valence-electron chi connectivity index (χ3n) is 7.13. The van der Waals surface area contributed by atoms with Crippen molar-refractivity contribution in [3.05, 3.63) is 100 Å². The fraction of sp³-hybridized carbons (Fsp3) is 0.321. The zero-order chi connectivity index (χ0) is 23.0. The average molecular weight is 440 g/mol. The number of hydrogen-bond acceptors (Lipinski definition) is 5. The lowest BCUT2D eigenvalue weighted by Crippen LogP contribution is -2.60. The lowest BCUT2D eigenvalue weighted by Gasteiger charge is -2.44. The molecule has 1 saturated heterocycles. The Morgan fingerprint density at radius 2 is 1.45 bits per heavy atom. The summed E-state index contributed by atoms with van der Waals surface area (Å²) in [4.78, 5) is 36.6. The topological polar surface area (TPSA) is 53.5 Å². The molecular weight excluding hydrogens is 410 g/mol. The van der Waals surface area contributed by atoms with Crippen molar-refractivity contribution in [1.29, 1.82) is 0 Å². The number of benzene rings is 2. The predicted molar refractivity (Wildman–Crippen MR) is 128 cm³/mol. The van der Waals surface area contributed by atoms with Gasteiger partial charge >= 0.3 is 0 Å². The van der Waals surface area contributed by atoms with Crippen LogP contribution in [-0.4, -0.2) is 52.5 Å². The Morgan fingerprint density at radius 3 is 2.06 bits per heavy atom. The molecule has 2 aromatic carbocycles. The standard InChI is InChI=1S/C28H29N3O2/c1-3-21-8-4-5-9-22(21)19-30-14-16-31(17-15-30)28(23-12-13-29-20(2)18-23)26(32)24-10-6-7-11-25(24)27(28)33/h4-13,18H,3,14-17,19H2,1-2H3. The van der Waals surface area contributed by atoms with E-state index < -0.39 is 5.54 Å². The van der Waals surface area contributed by atoms with Crippen LogP contribution in [0.4, 0.5) is 0 Å². The lowest BCUT2D eigenvalue weighted by molar-refractivity contribution is 0.0278. The van der Waals surface area contributed by atoms with E-state index in [0.29, 0.717) is 24.2 Å². The van der Waals surface area contributed by atoms with E-state index in [1.165, 1.54) is 11.1 Å². The SMILES string of the molecule is CCc1ccccc1CN1CCN(C2(c3ccnc(C)c3)C(=O)c3ccccc3C2=O)CC1. The third kappa shape index (κ3) is 3.52. The molecule has 2 aliphatic rings. The minimum absolute atomic E-state index is 0.113. The number of nitrogens with zero attached hydrogens (tertiary/aromatic N) is 3. The van der Waals surface area contributed by atoms with Gasteiger partial charge in [-0.25, -0.2) is 0 Å². The van der Waals surface area contributed by atoms with E-state index in [1.54, 1.807) is 18.3 Å². The van der Waals surface area contributed by atoms with Gasteiger partial charge in [0.2, 0.25) is 0 Å². The van der Waals surface area contributed by atoms with Crippen LogP contribution in [0.15, 0.2) is 66.9 Å². The minimum atomic E-state index is -1.30. The van der Waals surface area contributed by atoms with E-state index >= 15 is 0 Å². The molecular formula is C28H29N3O2. The molecule has 0 unspecified atom stereocenters. The highest BCUT2D eigenvalue weighted by Gasteiger charge is 2.58. The van der Waals surface area contributed by atoms with E-state index in [1.807, 2.05) is 31.2 Å². The number of aromatic nitrogens is 1. The van der Waals surface area contributed by atoms with Crippen LogP contribution in [0.3, 0.4) is 0 Å². The number of aryl methyl sites for hydroxylation is 2. The van der Waals surface area contributed by atoms with E-state index in [9.17, 15) is 9.59 Å². The summed E-state index contributed by atoms with van der Waals surface area (Å²) in [7, 11) is 0. The summed E-state index contributed by atoms with van der Waals surface area (Å²) in [6, 6.07) is 19.5. The van der Waals surface area contributed by atoms with Gasteiger partial charge in [-0.3, -0.25) is 24.4 Å². The predicted octanol–water partition coefficient (Wildman–Crippen LogP) is 4.04. The van der Waals surface area contributed by atoms with Gasteiger partial charge in [0.1, 0.15) is 0 Å². The van der Waals surface area contributed by atoms with E-state index in [-0.39, 0.29) is 11.6 Å². The van der Waals surface area contributed by atoms with Crippen LogP contribution < -0.4 is 0 Å². The molecule has 0 saturated carbocycles. The molecule has 0 N–H and O–H groups in total. The molecule has 0 spiro atoms. The van der Waals surface area contributed by atoms with Crippen molar-refractivity contribution in [2.45, 2.75) is 32.4 Å². The largest absolute Gasteiger partial charge is 0.297 e. The Hall–Kier alpha value is -3.15. The van der Waals surface area contributed by atoms with E-state index in [0.717, 1.165) is 37.3 Å². The zero-order valence-electron chi connectivity index (χ0n) is 19.3. The summed E-state index contributed by atoms with van der Waals surface area (Å²) in [5.74, 6) is -0.225. The average Bonchev–Trinajstić information content (AvgIpc) is 3.08. The van der Waals surface area contributed by atoms with Crippen LogP contribution in [0.1, 0.15) is 50.0 Å². The second-order valence-corrected chi connectivity index (χ2v) is 8.99. The first-order valence-corrected chi connectivity index (χ1v) is 11.7. The molecule has 168 valence electrons. The Labute approximate surface area is 195 Å². The Kier molecular flexibility index (Phi) is 5.69. The third-order valence-corrected chi connectivity index (χ3v) is 7.13. The number of piperazine rings is 1. The van der Waals surface area contributed by atoms with Gasteiger partial charge in [-0.05, 0) is 42.2 Å². The van der Waals surface area contributed by atoms with Crippen LogP contribution in [0.25, 0.3) is 0 Å². The molecule has 33 heavy (non-hydrogen) atoms. The number of pyridine rings is 1. The van der Waals surface area contributed by atoms with Crippen molar-refractivity contribution in [1.82, 2.24) is 14.8 Å². The fourth-order valence-electron chi connectivity index (χ4n) is 5.41. The summed E-state index contributed by atoms with van der Waals surface area (Å²) in [6.45, 7) is 7.90. The summed E-state index contributed by atoms with van der Waals surface area (Å²) in [6.07, 6.45) is 2.72. The number of Topliss-reactive ketones (excluding diaryl/α,β-unsaturated/α-hetero) is 2. The quantitative estimate of drug-likeness (QED) is 0.562. The number of ketones is 2. The maximum absolute atomic E-state index is 13.9. The fourth-order valence-corrected chi connectivity index (χ4v) is 5.41. The van der Waals surface area contributed by atoms with E-state index in [2.05, 4.69) is 46.0 Å². The summed E-state index contributed by atoms with van der Waals surface area (Å²) >= 11 is 0. The van der Waals surface area contributed by atoms with Gasteiger partial charge in [-0.15, -0.1) is 0 Å². The highest BCUT2D eigenvalue weighted by Crippen LogP contribution is 2.43. The van der Waals surface area contributed by atoms with E-state index in [4.69, 9.17) is 0 Å². The first kappa shape index (κ1) is 21.7. The molecule has 1 aromatic heterocycles. The van der Waals surface area contributed by atoms with Crippen LogP contribution in [0, 0.1) is 6.92 Å². The van der Waals surface area contributed by atoms with Crippen molar-refractivity contribution in [2.24, 2.45) is 0 Å². The maximum atomic E-state index is 13.9. The van der Waals surface area contributed by atoms with Crippen molar-refractivity contribution in [3.63, 3.8) is 0 Å². The molecule has 1 aliphatic carbocycles. The second-order valence-electron chi connectivity index (χ2n) is 8.99. The summed E-state index contributed by atoms with van der Waals surface area (Å²) in [5, 5.41) is 0. The summed E-state index contributed by atoms with van der Waals surface area (Å²) in [5.41, 5.74) is 4.01. The Balaban J connectivity index is 1.46. The van der Waals surface area contributed by atoms with Gasteiger partial charge in [0.25, 0.3) is 0 Å². The molecule has 1 aliphatic heterocycles. The van der Waals surface area contributed by atoms with Gasteiger partial charge in [-0.1, -0.05) is 55.5 Å². The maximum Gasteiger partial charge on any atom is 0.196 e. The first-order chi connectivity index (χ1) is 16.1. The van der Waals surface area contributed by atoms with Crippen LogP contribution in [-0.2, 0) is 18.5 Å². The molecule has 2 heterocycles. The van der Waals surface area contributed by atoms with Crippen LogP contribution >= 0.6 is 0 Å². The van der Waals surface area contributed by atoms with Crippen LogP contribution in [0.2, 0.25) is 0 Å². The van der Waals surface area contributed by atoms with Gasteiger partial charge in [0.15, 0.2) is 17.1 Å². The number of rotatable bonds is 5. The highest BCUT2D eigenvalue weighted by atomic mass is 16.2. The van der Waals surface area contributed by atoms with Crippen molar-refractivity contribution in [2.75, 3.05) is 26.2 Å². The number of carbonyl (C=O) groups excluding carboxylic acids is 2. The zero-order valence-corrected chi connectivity index (χ0v) is 19.3. The lowest BCUT2D eigenvalue weighted by atomic mass is 9.82. The van der Waals surface area contributed by atoms with Crippen molar-refractivity contribution < 1.29 is 9.59 Å². The monoisotopic (exact) mass is 439 g/mol. The molecule has 0 amide bonds. The van der Waals surface area contributed by atoms with Crippen molar-refractivity contribution in [3.8, 4) is 0 Å². The molecule has 0 bridgehead atoms. The van der Waals surface area contributed by atoms with Gasteiger partial charge in [0.05, 0.1) is 0 Å². The molecule has 5 heteroatoms. The first-order valence-electron chi connectivity index (χ1n) is 11.7. The molecule has 5 rings (SSSR count). The number of fused-ring (bicyclic) bond motifs is 1. The Bertz CT molecular complexity index is 1180. The van der Waals surface area contributed by atoms with Gasteiger partial charge < -0.3 is 0 Å². The smallest absolute Gasteiger partial charge is 0.196 e. The molecule has 0 radical (unpaired) electrons. The molecule has 0 atom stereocenters. The van der Waals surface area contributed by atoms with Gasteiger partial charge in [0, 0.05) is 55.7 Å².